The van der Waals surface area contributed by atoms with Crippen molar-refractivity contribution in [1.29, 1.82) is 0 Å². The van der Waals surface area contributed by atoms with Gasteiger partial charge in [0.25, 0.3) is 0 Å². The lowest BCUT2D eigenvalue weighted by Crippen LogP contribution is -1.66. The van der Waals surface area contributed by atoms with Crippen LogP contribution in [-0.4, -0.2) is 0 Å². The number of benzene rings is 1. The molecule has 0 saturated heterocycles. The van der Waals surface area contributed by atoms with E-state index in [4.69, 9.17) is 0 Å². The molecule has 1 radical (unpaired) electrons. The van der Waals surface area contributed by atoms with Gasteiger partial charge in [-0.25, -0.2) is 0 Å². The molecule has 0 N–H and O–H groups in total. The summed E-state index contributed by atoms with van der Waals surface area (Å²) in [7, 11) is 0. The molecule has 0 aliphatic heterocycles. The van der Waals surface area contributed by atoms with Crippen LogP contribution in [0.1, 0.15) is 5.56 Å². The van der Waals surface area contributed by atoms with Crippen LogP contribution < -0.4 is 0 Å². The van der Waals surface area contributed by atoms with E-state index < -0.39 is 0 Å². The van der Waals surface area contributed by atoms with E-state index >= 15 is 0 Å². The van der Waals surface area contributed by atoms with Crippen LogP contribution in [0.25, 0.3) is 6.08 Å². The molecule has 0 atom stereocenters. The summed E-state index contributed by atoms with van der Waals surface area (Å²) in [5, 5.41) is 0. The zero-order valence-electron chi connectivity index (χ0n) is 6.25. The van der Waals surface area contributed by atoms with Crippen LogP contribution >= 0.6 is 0 Å². The molecule has 0 fully saturated rings. The molecule has 53 valence electrons. The van der Waals surface area contributed by atoms with Crippen molar-refractivity contribution < 1.29 is 0 Å². The Morgan fingerprint density at radius 3 is 2.55 bits per heavy atom. The normalized spacial score (nSPS) is 9.18. The van der Waals surface area contributed by atoms with Gasteiger partial charge in [-0.1, -0.05) is 42.2 Å². The highest BCUT2D eigenvalue weighted by Gasteiger charge is 1.78. The molecule has 0 heteroatoms. The fraction of sp³-hybridized carbons (Fsp3) is 0. The van der Waals surface area contributed by atoms with Crippen molar-refractivity contribution in [2.24, 2.45) is 0 Å². The SMILES string of the molecule is [CH2]C#C/C=C/c1ccccc1. The Kier molecular flexibility index (Phi) is 3.02. The lowest BCUT2D eigenvalue weighted by Gasteiger charge is -1.86. The fourth-order valence-corrected chi connectivity index (χ4v) is 0.761. The van der Waals surface area contributed by atoms with Crippen LogP contribution in [0.2, 0.25) is 0 Å². The van der Waals surface area contributed by atoms with Gasteiger partial charge in [0.15, 0.2) is 0 Å². The summed E-state index contributed by atoms with van der Waals surface area (Å²) in [6.45, 7) is 3.40. The van der Waals surface area contributed by atoms with Crippen LogP contribution in [0.5, 0.6) is 0 Å². The summed E-state index contributed by atoms with van der Waals surface area (Å²) in [6, 6.07) is 10.0. The van der Waals surface area contributed by atoms with Gasteiger partial charge in [0.2, 0.25) is 0 Å². The van der Waals surface area contributed by atoms with Gasteiger partial charge in [-0.3, -0.25) is 0 Å². The third-order valence-corrected chi connectivity index (χ3v) is 1.26. The topological polar surface area (TPSA) is 0 Å². The first-order valence-electron chi connectivity index (χ1n) is 3.42. The third-order valence-electron chi connectivity index (χ3n) is 1.26. The number of rotatable bonds is 1. The van der Waals surface area contributed by atoms with Gasteiger partial charge in [-0.2, -0.15) is 0 Å². The maximum absolute atomic E-state index is 3.40. The molecule has 11 heavy (non-hydrogen) atoms. The van der Waals surface area contributed by atoms with Crippen molar-refractivity contribution in [3.8, 4) is 11.8 Å². The lowest BCUT2D eigenvalue weighted by atomic mass is 10.2. The molecular formula is C11H9. The van der Waals surface area contributed by atoms with Crippen LogP contribution in [-0.2, 0) is 0 Å². The summed E-state index contributed by atoms with van der Waals surface area (Å²) in [5.74, 6) is 5.31. The van der Waals surface area contributed by atoms with Gasteiger partial charge in [0.1, 0.15) is 0 Å². The summed E-state index contributed by atoms with van der Waals surface area (Å²) in [4.78, 5) is 0. The van der Waals surface area contributed by atoms with Crippen molar-refractivity contribution in [2.45, 2.75) is 0 Å². The van der Waals surface area contributed by atoms with Crippen molar-refractivity contribution in [1.82, 2.24) is 0 Å². The Balaban J connectivity index is 2.69. The summed E-state index contributed by atoms with van der Waals surface area (Å²) < 4.78 is 0. The Labute approximate surface area is 67.6 Å². The molecule has 0 aliphatic rings. The van der Waals surface area contributed by atoms with E-state index in [0.29, 0.717) is 0 Å². The summed E-state index contributed by atoms with van der Waals surface area (Å²) >= 11 is 0. The Bertz CT molecular complexity index is 283. The van der Waals surface area contributed by atoms with Gasteiger partial charge < -0.3 is 0 Å². The average molecular weight is 141 g/mol. The first kappa shape index (κ1) is 7.63. The van der Waals surface area contributed by atoms with E-state index in [1.165, 1.54) is 0 Å². The largest absolute Gasteiger partial charge is 0.0975 e. The molecule has 0 aliphatic carbocycles. The summed E-state index contributed by atoms with van der Waals surface area (Å²) in [5.41, 5.74) is 1.16. The maximum Gasteiger partial charge on any atom is 0.0202 e. The van der Waals surface area contributed by atoms with Gasteiger partial charge in [-0.05, 0) is 17.7 Å². The quantitative estimate of drug-likeness (QED) is 0.527. The smallest absolute Gasteiger partial charge is 0.0202 e. The zero-order valence-corrected chi connectivity index (χ0v) is 6.25. The number of hydrogen-bond acceptors (Lipinski definition) is 0. The predicted molar refractivity (Wildman–Crippen MR) is 48.6 cm³/mol. The Morgan fingerprint density at radius 2 is 1.91 bits per heavy atom. The second kappa shape index (κ2) is 4.35. The molecule has 0 spiro atoms. The molecule has 0 aromatic heterocycles. The second-order valence-electron chi connectivity index (χ2n) is 2.07. The van der Waals surface area contributed by atoms with Crippen molar-refractivity contribution in [3.05, 3.63) is 48.9 Å². The highest BCUT2D eigenvalue weighted by atomic mass is 13.8. The van der Waals surface area contributed by atoms with Gasteiger partial charge in [0.05, 0.1) is 0 Å². The molecule has 0 saturated carbocycles. The molecule has 0 amide bonds. The molecule has 0 bridgehead atoms. The minimum atomic E-state index is 1.16. The summed E-state index contributed by atoms with van der Waals surface area (Å²) in [6.07, 6.45) is 3.75. The van der Waals surface area contributed by atoms with Crippen molar-refractivity contribution in [3.63, 3.8) is 0 Å². The maximum atomic E-state index is 3.40. The van der Waals surface area contributed by atoms with Gasteiger partial charge >= 0.3 is 0 Å². The third kappa shape index (κ3) is 2.73. The van der Waals surface area contributed by atoms with Crippen LogP contribution in [0.3, 0.4) is 0 Å². The zero-order chi connectivity index (χ0) is 7.94. The lowest BCUT2D eigenvalue weighted by molar-refractivity contribution is 1.66. The first-order valence-corrected chi connectivity index (χ1v) is 3.42. The molecule has 1 aromatic carbocycles. The fourth-order valence-electron chi connectivity index (χ4n) is 0.761. The van der Waals surface area contributed by atoms with E-state index in [1.54, 1.807) is 6.08 Å². The highest BCUT2D eigenvalue weighted by Crippen LogP contribution is 1.99. The molecule has 1 rings (SSSR count). The highest BCUT2D eigenvalue weighted by molar-refractivity contribution is 5.52. The van der Waals surface area contributed by atoms with Crippen LogP contribution in [0, 0.1) is 18.8 Å². The van der Waals surface area contributed by atoms with E-state index in [1.807, 2.05) is 36.4 Å². The van der Waals surface area contributed by atoms with Gasteiger partial charge in [0, 0.05) is 6.92 Å². The molecule has 0 unspecified atom stereocenters. The van der Waals surface area contributed by atoms with E-state index in [2.05, 4.69) is 18.8 Å². The standard InChI is InChI=1S/C11H9/c1-2-3-5-8-11-9-6-4-7-10-11/h4-10H,1H2/b8-5+. The first-order chi connectivity index (χ1) is 5.43. The predicted octanol–water partition coefficient (Wildman–Crippen LogP) is 2.54. The van der Waals surface area contributed by atoms with Crippen LogP contribution in [0.15, 0.2) is 36.4 Å². The van der Waals surface area contributed by atoms with E-state index in [-0.39, 0.29) is 0 Å². The average Bonchev–Trinajstić information content (AvgIpc) is 2.07. The monoisotopic (exact) mass is 141 g/mol. The Hall–Kier alpha value is -1.48. The van der Waals surface area contributed by atoms with E-state index in [0.717, 1.165) is 5.56 Å². The minimum Gasteiger partial charge on any atom is -0.0975 e. The Morgan fingerprint density at radius 1 is 1.18 bits per heavy atom. The van der Waals surface area contributed by atoms with Crippen LogP contribution in [0.4, 0.5) is 0 Å². The second-order valence-corrected chi connectivity index (χ2v) is 2.07. The molecule has 0 heterocycles. The van der Waals surface area contributed by atoms with Crippen molar-refractivity contribution in [2.75, 3.05) is 0 Å². The molecular weight excluding hydrogens is 132 g/mol. The number of hydrogen-bond donors (Lipinski definition) is 0. The minimum absolute atomic E-state index is 1.16. The number of allylic oxidation sites excluding steroid dienone is 1. The van der Waals surface area contributed by atoms with E-state index in [9.17, 15) is 0 Å². The van der Waals surface area contributed by atoms with Gasteiger partial charge in [-0.15, -0.1) is 0 Å². The molecule has 1 aromatic rings. The molecule has 0 nitrogen and oxygen atoms in total. The van der Waals surface area contributed by atoms with Crippen molar-refractivity contribution >= 4 is 6.08 Å².